The number of carboxylic acids is 1. The summed E-state index contributed by atoms with van der Waals surface area (Å²) in [6.45, 7) is 2.24. The number of carboxylic acid groups (broad SMARTS) is 1. The van der Waals surface area contributed by atoms with Crippen LogP contribution in [0.25, 0.3) is 0 Å². The fraction of sp³-hybridized carbons (Fsp3) is 0.900. The fourth-order valence-corrected chi connectivity index (χ4v) is 1.32. The molecule has 0 heterocycles. The Hall–Kier alpha value is -0.780. The van der Waals surface area contributed by atoms with Crippen molar-refractivity contribution in [2.45, 2.75) is 32.9 Å². The smallest absolute Gasteiger partial charge is 0.411 e. The van der Waals surface area contributed by atoms with Gasteiger partial charge in [0.1, 0.15) is 6.61 Å². The lowest BCUT2D eigenvalue weighted by molar-refractivity contribution is -0.175. The third-order valence-corrected chi connectivity index (χ3v) is 1.98. The molecule has 0 radical (unpaired) electrons. The van der Waals surface area contributed by atoms with Crippen molar-refractivity contribution < 1.29 is 27.8 Å². The topological polar surface area (TPSA) is 46.5 Å². The van der Waals surface area contributed by atoms with Crippen molar-refractivity contribution in [3.8, 4) is 0 Å². The number of hydrogen-bond acceptors (Lipinski definition) is 2. The van der Waals surface area contributed by atoms with Gasteiger partial charge in [-0.05, 0) is 18.8 Å². The lowest BCUT2D eigenvalue weighted by Crippen LogP contribution is -2.21. The SMILES string of the molecule is CC(C)CC(CCOCC(F)(F)F)C(=O)O. The second-order valence-corrected chi connectivity index (χ2v) is 4.12. The highest BCUT2D eigenvalue weighted by atomic mass is 19.4. The summed E-state index contributed by atoms with van der Waals surface area (Å²) in [5, 5.41) is 8.80. The Morgan fingerprint density at radius 2 is 1.94 bits per heavy atom. The van der Waals surface area contributed by atoms with Gasteiger partial charge in [0.15, 0.2) is 0 Å². The zero-order valence-electron chi connectivity index (χ0n) is 9.38. The Balaban J connectivity index is 3.82. The van der Waals surface area contributed by atoms with E-state index < -0.39 is 24.7 Å². The van der Waals surface area contributed by atoms with Gasteiger partial charge < -0.3 is 9.84 Å². The largest absolute Gasteiger partial charge is 0.481 e. The van der Waals surface area contributed by atoms with Crippen LogP contribution in [0.5, 0.6) is 0 Å². The highest BCUT2D eigenvalue weighted by molar-refractivity contribution is 5.69. The van der Waals surface area contributed by atoms with Crippen molar-refractivity contribution in [1.29, 1.82) is 0 Å². The van der Waals surface area contributed by atoms with E-state index in [0.717, 1.165) is 0 Å². The number of alkyl halides is 3. The minimum absolute atomic E-state index is 0.115. The van der Waals surface area contributed by atoms with Gasteiger partial charge >= 0.3 is 12.1 Å². The van der Waals surface area contributed by atoms with Crippen LogP contribution in [0.2, 0.25) is 0 Å². The Labute approximate surface area is 92.6 Å². The Morgan fingerprint density at radius 3 is 2.31 bits per heavy atom. The number of hydrogen-bond donors (Lipinski definition) is 1. The molecule has 0 amide bonds. The molecule has 0 saturated heterocycles. The molecule has 16 heavy (non-hydrogen) atoms. The van der Waals surface area contributed by atoms with Crippen molar-refractivity contribution >= 4 is 5.97 Å². The standard InChI is InChI=1S/C10H17F3O3/c1-7(2)5-8(9(14)15)3-4-16-6-10(11,12)13/h7-8H,3-6H2,1-2H3,(H,14,15). The monoisotopic (exact) mass is 242 g/mol. The molecule has 0 rings (SSSR count). The summed E-state index contributed by atoms with van der Waals surface area (Å²) in [5.74, 6) is -1.42. The Morgan fingerprint density at radius 1 is 1.38 bits per heavy atom. The number of halogens is 3. The zero-order valence-corrected chi connectivity index (χ0v) is 9.38. The van der Waals surface area contributed by atoms with Crippen LogP contribution in [0, 0.1) is 11.8 Å². The first-order chi connectivity index (χ1) is 7.22. The van der Waals surface area contributed by atoms with Crippen molar-refractivity contribution in [1.82, 2.24) is 0 Å². The van der Waals surface area contributed by atoms with Crippen LogP contribution in [-0.4, -0.2) is 30.5 Å². The van der Waals surface area contributed by atoms with Crippen LogP contribution in [0.1, 0.15) is 26.7 Å². The summed E-state index contributed by atoms with van der Waals surface area (Å²) in [5.41, 5.74) is 0. The van der Waals surface area contributed by atoms with Gasteiger partial charge in [0.25, 0.3) is 0 Å². The molecule has 3 nitrogen and oxygen atoms in total. The molecule has 0 aliphatic carbocycles. The van der Waals surface area contributed by atoms with Crippen molar-refractivity contribution in [3.05, 3.63) is 0 Å². The normalized spacial score (nSPS) is 14.1. The summed E-state index contributed by atoms with van der Waals surface area (Å²) >= 11 is 0. The van der Waals surface area contributed by atoms with Gasteiger partial charge in [-0.1, -0.05) is 13.8 Å². The fourth-order valence-electron chi connectivity index (χ4n) is 1.32. The first-order valence-electron chi connectivity index (χ1n) is 5.09. The van der Waals surface area contributed by atoms with Gasteiger partial charge in [-0.3, -0.25) is 4.79 Å². The van der Waals surface area contributed by atoms with E-state index in [1.807, 2.05) is 13.8 Å². The average Bonchev–Trinajstić information content (AvgIpc) is 2.07. The molecule has 1 atom stereocenters. The van der Waals surface area contributed by atoms with Gasteiger partial charge in [-0.2, -0.15) is 13.2 Å². The maximum Gasteiger partial charge on any atom is 0.411 e. The van der Waals surface area contributed by atoms with Crippen molar-refractivity contribution in [3.63, 3.8) is 0 Å². The van der Waals surface area contributed by atoms with Gasteiger partial charge in [0.2, 0.25) is 0 Å². The average molecular weight is 242 g/mol. The third-order valence-electron chi connectivity index (χ3n) is 1.98. The minimum atomic E-state index is -4.35. The molecule has 0 aromatic heterocycles. The molecule has 0 aromatic carbocycles. The first-order valence-corrected chi connectivity index (χ1v) is 5.09. The van der Waals surface area contributed by atoms with Gasteiger partial charge in [0, 0.05) is 6.61 Å². The minimum Gasteiger partial charge on any atom is -0.481 e. The quantitative estimate of drug-likeness (QED) is 0.698. The number of ether oxygens (including phenoxy) is 1. The second kappa shape index (κ2) is 6.73. The summed E-state index contributed by atoms with van der Waals surface area (Å²) in [6.07, 6.45) is -3.79. The van der Waals surface area contributed by atoms with Crippen LogP contribution in [0.3, 0.4) is 0 Å². The molecule has 6 heteroatoms. The predicted octanol–water partition coefficient (Wildman–Crippen LogP) is 2.70. The summed E-state index contributed by atoms with van der Waals surface area (Å²) in [6, 6.07) is 0. The molecule has 0 fully saturated rings. The van der Waals surface area contributed by atoms with E-state index in [2.05, 4.69) is 4.74 Å². The highest BCUT2D eigenvalue weighted by Gasteiger charge is 2.27. The maximum absolute atomic E-state index is 11.7. The third kappa shape index (κ3) is 8.52. The molecule has 1 N–H and O–H groups in total. The van der Waals surface area contributed by atoms with Crippen LogP contribution < -0.4 is 0 Å². The van der Waals surface area contributed by atoms with E-state index in [0.29, 0.717) is 6.42 Å². The van der Waals surface area contributed by atoms with E-state index in [1.165, 1.54) is 0 Å². The second-order valence-electron chi connectivity index (χ2n) is 4.12. The summed E-state index contributed by atoms with van der Waals surface area (Å²) < 4.78 is 39.5. The van der Waals surface area contributed by atoms with E-state index >= 15 is 0 Å². The van der Waals surface area contributed by atoms with Crippen LogP contribution in [-0.2, 0) is 9.53 Å². The molecule has 0 bridgehead atoms. The molecule has 96 valence electrons. The molecule has 0 aromatic rings. The molecule has 0 aliphatic rings. The first kappa shape index (κ1) is 15.2. The van der Waals surface area contributed by atoms with Crippen molar-refractivity contribution in [2.75, 3.05) is 13.2 Å². The zero-order chi connectivity index (χ0) is 12.8. The Kier molecular flexibility index (Phi) is 6.40. The van der Waals surface area contributed by atoms with E-state index in [1.54, 1.807) is 0 Å². The predicted molar refractivity (Wildman–Crippen MR) is 52.1 cm³/mol. The summed E-state index contributed by atoms with van der Waals surface area (Å²) in [4.78, 5) is 10.7. The van der Waals surface area contributed by atoms with Gasteiger partial charge in [-0.15, -0.1) is 0 Å². The van der Waals surface area contributed by atoms with Crippen LogP contribution >= 0.6 is 0 Å². The van der Waals surface area contributed by atoms with E-state index in [4.69, 9.17) is 5.11 Å². The number of rotatable bonds is 7. The molecular weight excluding hydrogens is 225 g/mol. The highest BCUT2D eigenvalue weighted by Crippen LogP contribution is 2.18. The molecule has 0 saturated carbocycles. The summed E-state index contributed by atoms with van der Waals surface area (Å²) in [7, 11) is 0. The Bertz CT molecular complexity index is 214. The van der Waals surface area contributed by atoms with Crippen LogP contribution in [0.15, 0.2) is 0 Å². The van der Waals surface area contributed by atoms with E-state index in [9.17, 15) is 18.0 Å². The molecule has 0 spiro atoms. The molecule has 1 unspecified atom stereocenters. The lowest BCUT2D eigenvalue weighted by atomic mass is 9.95. The van der Waals surface area contributed by atoms with Gasteiger partial charge in [-0.25, -0.2) is 0 Å². The van der Waals surface area contributed by atoms with Gasteiger partial charge in [0.05, 0.1) is 5.92 Å². The van der Waals surface area contributed by atoms with Crippen molar-refractivity contribution in [2.24, 2.45) is 11.8 Å². The number of carbonyl (C=O) groups is 1. The maximum atomic E-state index is 11.7. The van der Waals surface area contributed by atoms with E-state index in [-0.39, 0.29) is 18.9 Å². The number of aliphatic carboxylic acids is 1. The van der Waals surface area contributed by atoms with Crippen LogP contribution in [0.4, 0.5) is 13.2 Å². The molecule has 0 aliphatic heterocycles. The lowest BCUT2D eigenvalue weighted by Gasteiger charge is -2.15. The molecular formula is C10H17F3O3.